The molecule has 4 aromatic rings. The molecule has 3 heterocycles. The first-order chi connectivity index (χ1) is 15.0. The van der Waals surface area contributed by atoms with E-state index in [0.717, 1.165) is 41.0 Å². The van der Waals surface area contributed by atoms with E-state index in [0.29, 0.717) is 5.56 Å². The third kappa shape index (κ3) is 4.18. The van der Waals surface area contributed by atoms with Gasteiger partial charge in [-0.3, -0.25) is 0 Å². The highest BCUT2D eigenvalue weighted by Crippen LogP contribution is 2.35. The van der Waals surface area contributed by atoms with Gasteiger partial charge in [-0.2, -0.15) is 31.4 Å². The van der Waals surface area contributed by atoms with Gasteiger partial charge in [0.15, 0.2) is 5.65 Å². The topological polar surface area (TPSA) is 82.0 Å². The zero-order valence-corrected chi connectivity index (χ0v) is 15.7. The maximum Gasteiger partial charge on any atom is 0.420 e. The number of fused-ring (bicyclic) bond motifs is 1. The van der Waals surface area contributed by atoms with E-state index in [9.17, 15) is 26.3 Å². The molecule has 0 saturated carbocycles. The zero-order chi connectivity index (χ0) is 23.1. The van der Waals surface area contributed by atoms with Gasteiger partial charge in [0.2, 0.25) is 5.95 Å². The van der Waals surface area contributed by atoms with Crippen molar-refractivity contribution in [3.63, 3.8) is 0 Å². The van der Waals surface area contributed by atoms with Crippen molar-refractivity contribution in [2.24, 2.45) is 0 Å². The van der Waals surface area contributed by atoms with Crippen LogP contribution >= 0.6 is 0 Å². The van der Waals surface area contributed by atoms with Crippen LogP contribution in [0.3, 0.4) is 0 Å². The number of nitrogen functional groups attached to an aromatic ring is 1. The molecule has 0 bridgehead atoms. The lowest BCUT2D eigenvalue weighted by Crippen LogP contribution is -2.11. The Morgan fingerprint density at radius 1 is 0.812 bits per heavy atom. The fraction of sp³-hybridized carbons (Fsp3) is 0.100. The molecule has 6 nitrogen and oxygen atoms in total. The summed E-state index contributed by atoms with van der Waals surface area (Å²) in [5.74, 6) is 5.34. The van der Waals surface area contributed by atoms with Crippen molar-refractivity contribution in [1.82, 2.24) is 24.6 Å². The first kappa shape index (κ1) is 21.1. The van der Waals surface area contributed by atoms with Crippen molar-refractivity contribution in [3.05, 3.63) is 71.3 Å². The molecule has 0 saturated heterocycles. The van der Waals surface area contributed by atoms with E-state index in [1.165, 1.54) is 12.4 Å². The second-order valence-electron chi connectivity index (χ2n) is 6.47. The van der Waals surface area contributed by atoms with Crippen LogP contribution in [0.25, 0.3) is 16.9 Å². The number of hydrogen-bond donors (Lipinski definition) is 1. The van der Waals surface area contributed by atoms with Crippen molar-refractivity contribution in [3.8, 4) is 23.1 Å². The number of aromatic nitrogens is 5. The molecular formula is C20H10F6N6. The minimum absolute atomic E-state index is 0.0242. The van der Waals surface area contributed by atoms with Gasteiger partial charge in [0.25, 0.3) is 0 Å². The number of nitrogens with two attached hydrogens (primary N) is 1. The van der Waals surface area contributed by atoms with Gasteiger partial charge in [0.05, 0.1) is 23.0 Å². The van der Waals surface area contributed by atoms with Crippen LogP contribution in [0.4, 0.5) is 32.3 Å². The third-order valence-electron chi connectivity index (χ3n) is 4.29. The Bertz CT molecular complexity index is 1340. The van der Waals surface area contributed by atoms with Gasteiger partial charge in [0.1, 0.15) is 11.3 Å². The number of alkyl halides is 6. The molecule has 12 heteroatoms. The Morgan fingerprint density at radius 2 is 1.47 bits per heavy atom. The lowest BCUT2D eigenvalue weighted by Gasteiger charge is -2.11. The third-order valence-corrected chi connectivity index (χ3v) is 4.29. The number of halogens is 6. The Labute approximate surface area is 175 Å². The monoisotopic (exact) mass is 448 g/mol. The molecule has 3 aromatic heterocycles. The van der Waals surface area contributed by atoms with Gasteiger partial charge in [-0.25, -0.2) is 19.5 Å². The van der Waals surface area contributed by atoms with Gasteiger partial charge in [-0.1, -0.05) is 18.1 Å². The number of benzene rings is 1. The SMILES string of the molecule is Nc1ncc(C#Cc2cnc3c(C(F)(F)F)cc(-c4ccc(C(F)(F)F)cc4)nn23)cn1. The van der Waals surface area contributed by atoms with Gasteiger partial charge in [-0.05, 0) is 24.1 Å². The quantitative estimate of drug-likeness (QED) is 0.349. The summed E-state index contributed by atoms with van der Waals surface area (Å²) < 4.78 is 80.2. The molecule has 0 aliphatic carbocycles. The molecule has 0 radical (unpaired) electrons. The molecule has 0 amide bonds. The highest BCUT2D eigenvalue weighted by Gasteiger charge is 2.35. The predicted octanol–water partition coefficient (Wildman–Crippen LogP) is 4.21. The van der Waals surface area contributed by atoms with E-state index in [4.69, 9.17) is 5.73 Å². The number of hydrogen-bond acceptors (Lipinski definition) is 5. The summed E-state index contributed by atoms with van der Waals surface area (Å²) >= 11 is 0. The minimum Gasteiger partial charge on any atom is -0.368 e. The van der Waals surface area contributed by atoms with Crippen molar-refractivity contribution in [2.45, 2.75) is 12.4 Å². The smallest absolute Gasteiger partial charge is 0.368 e. The van der Waals surface area contributed by atoms with Gasteiger partial charge in [-0.15, -0.1) is 0 Å². The second-order valence-corrected chi connectivity index (χ2v) is 6.47. The second kappa shape index (κ2) is 7.52. The van der Waals surface area contributed by atoms with Crippen LogP contribution in [0, 0.1) is 11.8 Å². The minimum atomic E-state index is -4.79. The van der Waals surface area contributed by atoms with E-state index >= 15 is 0 Å². The van der Waals surface area contributed by atoms with Crippen LogP contribution < -0.4 is 5.73 Å². The van der Waals surface area contributed by atoms with Crippen LogP contribution in [-0.2, 0) is 12.4 Å². The maximum absolute atomic E-state index is 13.6. The number of imidazole rings is 1. The fourth-order valence-electron chi connectivity index (χ4n) is 2.77. The Kier molecular flexibility index (Phi) is 4.96. The normalized spacial score (nSPS) is 11.9. The van der Waals surface area contributed by atoms with Gasteiger partial charge >= 0.3 is 12.4 Å². The first-order valence-electron chi connectivity index (χ1n) is 8.75. The predicted molar refractivity (Wildman–Crippen MR) is 101 cm³/mol. The van der Waals surface area contributed by atoms with Crippen molar-refractivity contribution in [1.29, 1.82) is 0 Å². The van der Waals surface area contributed by atoms with Crippen LogP contribution in [0.15, 0.2) is 48.9 Å². The lowest BCUT2D eigenvalue weighted by atomic mass is 10.1. The zero-order valence-electron chi connectivity index (χ0n) is 15.7. The molecular weight excluding hydrogens is 438 g/mol. The number of nitrogens with zero attached hydrogens (tertiary/aromatic N) is 5. The Morgan fingerprint density at radius 3 is 2.06 bits per heavy atom. The summed E-state index contributed by atoms with van der Waals surface area (Å²) in [5.41, 5.74) is 3.10. The Hall–Kier alpha value is -4.14. The van der Waals surface area contributed by atoms with Crippen molar-refractivity contribution in [2.75, 3.05) is 5.73 Å². The summed E-state index contributed by atoms with van der Waals surface area (Å²) in [6.07, 6.45) is -5.58. The maximum atomic E-state index is 13.6. The molecule has 0 atom stereocenters. The molecule has 32 heavy (non-hydrogen) atoms. The summed E-state index contributed by atoms with van der Waals surface area (Å²) in [6, 6.07) is 4.36. The molecule has 0 fully saturated rings. The summed E-state index contributed by atoms with van der Waals surface area (Å²) in [5, 5.41) is 4.12. The van der Waals surface area contributed by atoms with E-state index in [-0.39, 0.29) is 22.9 Å². The van der Waals surface area contributed by atoms with E-state index in [1.54, 1.807) is 0 Å². The molecule has 2 N–H and O–H groups in total. The fourth-order valence-corrected chi connectivity index (χ4v) is 2.77. The van der Waals surface area contributed by atoms with Crippen LogP contribution in [0.2, 0.25) is 0 Å². The van der Waals surface area contributed by atoms with Crippen molar-refractivity contribution < 1.29 is 26.3 Å². The molecule has 4 rings (SSSR count). The summed E-state index contributed by atoms with van der Waals surface area (Å²) in [7, 11) is 0. The van der Waals surface area contributed by atoms with E-state index in [2.05, 4.69) is 31.9 Å². The molecule has 0 aliphatic rings. The molecule has 1 aromatic carbocycles. The van der Waals surface area contributed by atoms with E-state index < -0.39 is 29.1 Å². The molecule has 0 spiro atoms. The average Bonchev–Trinajstić information content (AvgIpc) is 3.14. The van der Waals surface area contributed by atoms with Gasteiger partial charge < -0.3 is 5.73 Å². The average molecular weight is 448 g/mol. The Balaban J connectivity index is 1.85. The largest absolute Gasteiger partial charge is 0.420 e. The van der Waals surface area contributed by atoms with Crippen molar-refractivity contribution >= 4 is 11.6 Å². The standard InChI is InChI=1S/C20H10F6N6/c21-19(22,23)13-4-2-12(3-5-13)16-7-15(20(24,25)26)17-28-10-14(32(17)31-16)6-1-11-8-29-18(27)30-9-11/h2-5,7-10H,(H2,27,29,30). The van der Waals surface area contributed by atoms with Gasteiger partial charge in [0, 0.05) is 18.0 Å². The molecule has 0 unspecified atom stereocenters. The summed E-state index contributed by atoms with van der Waals surface area (Å²) in [4.78, 5) is 11.3. The number of anilines is 1. The van der Waals surface area contributed by atoms with E-state index in [1.807, 2.05) is 0 Å². The molecule has 0 aliphatic heterocycles. The summed E-state index contributed by atoms with van der Waals surface area (Å²) in [6.45, 7) is 0. The molecule has 162 valence electrons. The highest BCUT2D eigenvalue weighted by molar-refractivity contribution is 5.65. The van der Waals surface area contributed by atoms with Crippen LogP contribution in [-0.4, -0.2) is 24.6 Å². The van der Waals surface area contributed by atoms with Crippen LogP contribution in [0.1, 0.15) is 22.4 Å². The number of rotatable bonds is 1. The lowest BCUT2D eigenvalue weighted by molar-refractivity contribution is -0.138. The van der Waals surface area contributed by atoms with Crippen LogP contribution in [0.5, 0.6) is 0 Å². The highest BCUT2D eigenvalue weighted by atomic mass is 19.4. The first-order valence-corrected chi connectivity index (χ1v) is 8.75.